The summed E-state index contributed by atoms with van der Waals surface area (Å²) >= 11 is 0. The maximum atomic E-state index is 2.25. The zero-order valence-electron chi connectivity index (χ0n) is 10.3. The smallest absolute Gasteiger partial charge is 0.00931 e. The van der Waals surface area contributed by atoms with Gasteiger partial charge in [0.25, 0.3) is 0 Å². The Bertz CT molecular complexity index is 257. The Morgan fingerprint density at radius 1 is 0.867 bits per heavy atom. The molecule has 0 aromatic heterocycles. The third-order valence-corrected chi connectivity index (χ3v) is 2.44. The molecule has 0 fully saturated rings. The average Bonchev–Trinajstić information content (AvgIpc) is 2.17. The van der Waals surface area contributed by atoms with Gasteiger partial charge in [-0.1, -0.05) is 30.3 Å². The second-order valence-corrected chi connectivity index (χ2v) is 4.63. The summed E-state index contributed by atoms with van der Waals surface area (Å²) in [5.74, 6) is 0.594. The molecule has 0 aliphatic carbocycles. The van der Waals surface area contributed by atoms with E-state index in [4.69, 9.17) is 0 Å². The van der Waals surface area contributed by atoms with Gasteiger partial charge in [-0.25, -0.2) is 0 Å². The molecule has 0 heterocycles. The van der Waals surface area contributed by atoms with Crippen LogP contribution >= 0.6 is 0 Å². The Kier molecular flexibility index (Phi) is 4.79. The molecule has 0 unspecified atom stereocenters. The van der Waals surface area contributed by atoms with Crippen LogP contribution in [0.4, 0.5) is 0 Å². The van der Waals surface area contributed by atoms with E-state index in [1.54, 1.807) is 0 Å². The minimum Gasteiger partial charge on any atom is -0.309 e. The largest absolute Gasteiger partial charge is 0.309 e. The van der Waals surface area contributed by atoms with Gasteiger partial charge in [-0.05, 0) is 33.8 Å². The van der Waals surface area contributed by atoms with Crippen molar-refractivity contribution in [2.24, 2.45) is 0 Å². The normalized spacial score (nSPS) is 11.7. The SMILES string of the molecule is CN(C)CC(CN(C)C)c1ccccc1. The van der Waals surface area contributed by atoms with Crippen LogP contribution in [-0.4, -0.2) is 51.1 Å². The molecule has 0 spiro atoms. The molecule has 0 saturated heterocycles. The lowest BCUT2D eigenvalue weighted by atomic mass is 9.98. The van der Waals surface area contributed by atoms with Gasteiger partial charge in [0.05, 0.1) is 0 Å². The Balaban J connectivity index is 2.72. The maximum Gasteiger partial charge on any atom is 0.00931 e. The van der Waals surface area contributed by atoms with Crippen LogP contribution in [0.15, 0.2) is 30.3 Å². The first-order valence-electron chi connectivity index (χ1n) is 5.44. The van der Waals surface area contributed by atoms with Crippen LogP contribution in [0.2, 0.25) is 0 Å². The van der Waals surface area contributed by atoms with Crippen LogP contribution in [0, 0.1) is 0 Å². The summed E-state index contributed by atoms with van der Waals surface area (Å²) < 4.78 is 0. The Morgan fingerprint density at radius 2 is 1.33 bits per heavy atom. The van der Waals surface area contributed by atoms with E-state index in [0.29, 0.717) is 5.92 Å². The van der Waals surface area contributed by atoms with Gasteiger partial charge < -0.3 is 9.80 Å². The molecule has 15 heavy (non-hydrogen) atoms. The first kappa shape index (κ1) is 12.2. The van der Waals surface area contributed by atoms with Crippen molar-refractivity contribution in [2.75, 3.05) is 41.3 Å². The molecule has 0 amide bonds. The van der Waals surface area contributed by atoms with Gasteiger partial charge in [-0.3, -0.25) is 0 Å². The molecule has 0 atom stereocenters. The van der Waals surface area contributed by atoms with Gasteiger partial charge in [-0.15, -0.1) is 0 Å². The predicted molar refractivity (Wildman–Crippen MR) is 66.3 cm³/mol. The third-order valence-electron chi connectivity index (χ3n) is 2.44. The zero-order valence-corrected chi connectivity index (χ0v) is 10.3. The van der Waals surface area contributed by atoms with E-state index in [9.17, 15) is 0 Å². The zero-order chi connectivity index (χ0) is 11.3. The summed E-state index contributed by atoms with van der Waals surface area (Å²) in [5.41, 5.74) is 1.43. The predicted octanol–water partition coefficient (Wildman–Crippen LogP) is 1.89. The van der Waals surface area contributed by atoms with Crippen molar-refractivity contribution in [3.8, 4) is 0 Å². The highest BCUT2D eigenvalue weighted by molar-refractivity contribution is 5.20. The monoisotopic (exact) mass is 206 g/mol. The summed E-state index contributed by atoms with van der Waals surface area (Å²) in [6.07, 6.45) is 0. The van der Waals surface area contributed by atoms with Crippen molar-refractivity contribution < 1.29 is 0 Å². The van der Waals surface area contributed by atoms with Crippen LogP contribution in [-0.2, 0) is 0 Å². The standard InChI is InChI=1S/C13H22N2/c1-14(2)10-13(11-15(3)4)12-8-6-5-7-9-12/h5-9,13H,10-11H2,1-4H3. The van der Waals surface area contributed by atoms with Crippen LogP contribution in [0.25, 0.3) is 0 Å². The third kappa shape index (κ3) is 4.45. The summed E-state index contributed by atoms with van der Waals surface area (Å²) in [4.78, 5) is 4.50. The highest BCUT2D eigenvalue weighted by atomic mass is 15.1. The molecule has 0 radical (unpaired) electrons. The highest BCUT2D eigenvalue weighted by Gasteiger charge is 2.12. The fourth-order valence-corrected chi connectivity index (χ4v) is 1.88. The Morgan fingerprint density at radius 3 is 1.73 bits per heavy atom. The molecule has 2 nitrogen and oxygen atoms in total. The number of hydrogen-bond donors (Lipinski definition) is 0. The van der Waals surface area contributed by atoms with E-state index in [-0.39, 0.29) is 0 Å². The molecule has 0 aliphatic heterocycles. The van der Waals surface area contributed by atoms with Crippen molar-refractivity contribution in [3.05, 3.63) is 35.9 Å². The molecule has 84 valence electrons. The Hall–Kier alpha value is -0.860. The first-order valence-corrected chi connectivity index (χ1v) is 5.44. The van der Waals surface area contributed by atoms with Gasteiger partial charge in [0.15, 0.2) is 0 Å². The van der Waals surface area contributed by atoms with Gasteiger partial charge in [-0.2, -0.15) is 0 Å². The van der Waals surface area contributed by atoms with Crippen LogP contribution < -0.4 is 0 Å². The van der Waals surface area contributed by atoms with Gasteiger partial charge in [0.1, 0.15) is 0 Å². The molecular weight excluding hydrogens is 184 g/mol. The lowest BCUT2D eigenvalue weighted by Crippen LogP contribution is -2.28. The topological polar surface area (TPSA) is 6.48 Å². The van der Waals surface area contributed by atoms with Crippen molar-refractivity contribution in [1.29, 1.82) is 0 Å². The number of benzene rings is 1. The van der Waals surface area contributed by atoms with Gasteiger partial charge >= 0.3 is 0 Å². The van der Waals surface area contributed by atoms with Gasteiger partial charge in [0, 0.05) is 19.0 Å². The second-order valence-electron chi connectivity index (χ2n) is 4.63. The van der Waals surface area contributed by atoms with Crippen LogP contribution in [0.1, 0.15) is 11.5 Å². The maximum absolute atomic E-state index is 2.25. The molecule has 1 aromatic carbocycles. The van der Waals surface area contributed by atoms with E-state index >= 15 is 0 Å². The van der Waals surface area contributed by atoms with Crippen molar-refractivity contribution in [3.63, 3.8) is 0 Å². The lowest BCUT2D eigenvalue weighted by Gasteiger charge is -2.24. The summed E-state index contributed by atoms with van der Waals surface area (Å²) in [6.45, 7) is 2.20. The molecule has 0 N–H and O–H groups in total. The molecular formula is C13H22N2. The quantitative estimate of drug-likeness (QED) is 0.726. The molecule has 0 aliphatic rings. The second kappa shape index (κ2) is 5.89. The molecule has 0 bridgehead atoms. The molecule has 2 heteroatoms. The van der Waals surface area contributed by atoms with E-state index in [1.807, 2.05) is 0 Å². The van der Waals surface area contributed by atoms with Crippen LogP contribution in [0.5, 0.6) is 0 Å². The summed E-state index contributed by atoms with van der Waals surface area (Å²) in [6, 6.07) is 10.8. The number of hydrogen-bond acceptors (Lipinski definition) is 2. The minimum absolute atomic E-state index is 0.594. The number of rotatable bonds is 5. The summed E-state index contributed by atoms with van der Waals surface area (Å²) in [7, 11) is 8.52. The van der Waals surface area contributed by atoms with Crippen molar-refractivity contribution >= 4 is 0 Å². The number of likely N-dealkylation sites (N-methyl/N-ethyl adjacent to an activating group) is 2. The van der Waals surface area contributed by atoms with E-state index in [0.717, 1.165) is 13.1 Å². The average molecular weight is 206 g/mol. The van der Waals surface area contributed by atoms with E-state index in [1.165, 1.54) is 5.56 Å². The lowest BCUT2D eigenvalue weighted by molar-refractivity contribution is 0.308. The van der Waals surface area contributed by atoms with Crippen LogP contribution in [0.3, 0.4) is 0 Å². The van der Waals surface area contributed by atoms with Crippen molar-refractivity contribution in [2.45, 2.75) is 5.92 Å². The van der Waals surface area contributed by atoms with E-state index < -0.39 is 0 Å². The van der Waals surface area contributed by atoms with Gasteiger partial charge in [0.2, 0.25) is 0 Å². The van der Waals surface area contributed by atoms with Crippen molar-refractivity contribution in [1.82, 2.24) is 9.80 Å². The molecule has 1 aromatic rings. The van der Waals surface area contributed by atoms with E-state index in [2.05, 4.69) is 68.3 Å². The fourth-order valence-electron chi connectivity index (χ4n) is 1.88. The summed E-state index contributed by atoms with van der Waals surface area (Å²) in [5, 5.41) is 0. The molecule has 0 saturated carbocycles. The first-order chi connectivity index (χ1) is 7.09. The fraction of sp³-hybridized carbons (Fsp3) is 0.538. The Labute approximate surface area is 93.5 Å². The highest BCUT2D eigenvalue weighted by Crippen LogP contribution is 2.16. The number of nitrogens with zero attached hydrogens (tertiary/aromatic N) is 2. The minimum atomic E-state index is 0.594. The molecule has 1 rings (SSSR count).